The number of carbonyl (C=O) groups is 1. The van der Waals surface area contributed by atoms with Crippen molar-refractivity contribution in [3.63, 3.8) is 0 Å². The van der Waals surface area contributed by atoms with Crippen LogP contribution in [0.25, 0.3) is 0 Å². The van der Waals surface area contributed by atoms with Gasteiger partial charge in [0.2, 0.25) is 0 Å². The van der Waals surface area contributed by atoms with Crippen LogP contribution in [0.2, 0.25) is 0 Å². The van der Waals surface area contributed by atoms with Gasteiger partial charge in [0.1, 0.15) is 0 Å². The maximum absolute atomic E-state index is 11.8. The van der Waals surface area contributed by atoms with Gasteiger partial charge in [0.25, 0.3) is 5.91 Å². The number of nitrogens with one attached hydrogen (secondary N) is 1. The van der Waals surface area contributed by atoms with Crippen LogP contribution in [0.1, 0.15) is 42.5 Å². The zero-order chi connectivity index (χ0) is 12.1. The lowest BCUT2D eigenvalue weighted by atomic mass is 9.85. The van der Waals surface area contributed by atoms with Crippen molar-refractivity contribution < 1.29 is 9.90 Å². The summed E-state index contributed by atoms with van der Waals surface area (Å²) in [5.41, 5.74) is -0.0465. The zero-order valence-electron chi connectivity index (χ0n) is 9.98. The Morgan fingerprint density at radius 3 is 2.47 bits per heavy atom. The van der Waals surface area contributed by atoms with Crippen molar-refractivity contribution in [3.8, 4) is 0 Å². The maximum Gasteiger partial charge on any atom is 0.251 e. The lowest BCUT2D eigenvalue weighted by molar-refractivity contribution is 0.00526. The highest BCUT2D eigenvalue weighted by Crippen LogP contribution is 2.27. The van der Waals surface area contributed by atoms with Gasteiger partial charge in [0.15, 0.2) is 0 Å². The molecule has 1 aromatic rings. The molecule has 3 heteroatoms. The van der Waals surface area contributed by atoms with Gasteiger partial charge in [0.05, 0.1) is 5.60 Å². The summed E-state index contributed by atoms with van der Waals surface area (Å²) in [6, 6.07) is 9.11. The molecule has 1 amide bonds. The lowest BCUT2D eigenvalue weighted by Gasteiger charge is -2.32. The third-order valence-electron chi connectivity index (χ3n) is 3.40. The van der Waals surface area contributed by atoms with Crippen LogP contribution in [0.5, 0.6) is 0 Å². The van der Waals surface area contributed by atoms with Crippen molar-refractivity contribution >= 4 is 5.91 Å². The first-order chi connectivity index (χ1) is 8.20. The van der Waals surface area contributed by atoms with E-state index in [1.54, 1.807) is 12.1 Å². The molecular weight excluding hydrogens is 214 g/mol. The fraction of sp³-hybridized carbons (Fsp3) is 0.500. The minimum Gasteiger partial charge on any atom is -0.388 e. The Kier molecular flexibility index (Phi) is 3.79. The number of rotatable bonds is 3. The Morgan fingerprint density at radius 2 is 1.82 bits per heavy atom. The fourth-order valence-corrected chi connectivity index (χ4v) is 2.32. The van der Waals surface area contributed by atoms with Crippen molar-refractivity contribution in [3.05, 3.63) is 35.9 Å². The SMILES string of the molecule is O=C(NCC1(O)CCCCC1)c1ccccc1. The lowest BCUT2D eigenvalue weighted by Crippen LogP contribution is -2.44. The first-order valence-corrected chi connectivity index (χ1v) is 6.25. The van der Waals surface area contributed by atoms with E-state index in [-0.39, 0.29) is 5.91 Å². The second-order valence-corrected chi connectivity index (χ2v) is 4.83. The first kappa shape index (κ1) is 12.1. The van der Waals surface area contributed by atoms with Gasteiger partial charge in [-0.25, -0.2) is 0 Å². The van der Waals surface area contributed by atoms with E-state index in [0.29, 0.717) is 12.1 Å². The van der Waals surface area contributed by atoms with Crippen LogP contribution in [-0.4, -0.2) is 23.2 Å². The molecule has 17 heavy (non-hydrogen) atoms. The largest absolute Gasteiger partial charge is 0.388 e. The van der Waals surface area contributed by atoms with E-state index in [1.807, 2.05) is 18.2 Å². The molecule has 0 radical (unpaired) electrons. The molecule has 0 heterocycles. The monoisotopic (exact) mass is 233 g/mol. The second kappa shape index (κ2) is 5.32. The number of amides is 1. The summed E-state index contributed by atoms with van der Waals surface area (Å²) in [6.45, 7) is 0.362. The molecule has 1 saturated carbocycles. The standard InChI is InChI=1S/C14H19NO2/c16-13(12-7-3-1-4-8-12)15-11-14(17)9-5-2-6-10-14/h1,3-4,7-8,17H,2,5-6,9-11H2,(H,15,16). The predicted molar refractivity (Wildman–Crippen MR) is 66.8 cm³/mol. The third kappa shape index (κ3) is 3.30. The summed E-state index contributed by atoms with van der Waals surface area (Å²) in [4.78, 5) is 11.8. The van der Waals surface area contributed by atoms with Crippen molar-refractivity contribution in [1.82, 2.24) is 5.32 Å². The molecule has 1 aromatic carbocycles. The molecule has 0 atom stereocenters. The van der Waals surface area contributed by atoms with E-state index in [0.717, 1.165) is 25.7 Å². The van der Waals surface area contributed by atoms with E-state index < -0.39 is 5.60 Å². The normalized spacial score (nSPS) is 18.6. The van der Waals surface area contributed by atoms with E-state index in [9.17, 15) is 9.90 Å². The third-order valence-corrected chi connectivity index (χ3v) is 3.40. The van der Waals surface area contributed by atoms with Crippen LogP contribution in [0.3, 0.4) is 0 Å². The van der Waals surface area contributed by atoms with Gasteiger partial charge in [-0.05, 0) is 25.0 Å². The highest BCUT2D eigenvalue weighted by molar-refractivity contribution is 5.94. The zero-order valence-corrected chi connectivity index (χ0v) is 9.98. The minimum absolute atomic E-state index is 0.107. The molecule has 2 N–H and O–H groups in total. The van der Waals surface area contributed by atoms with Crippen LogP contribution in [-0.2, 0) is 0 Å². The van der Waals surface area contributed by atoms with Gasteiger partial charge in [-0.15, -0.1) is 0 Å². The second-order valence-electron chi connectivity index (χ2n) is 4.83. The summed E-state index contributed by atoms with van der Waals surface area (Å²) < 4.78 is 0. The van der Waals surface area contributed by atoms with Crippen molar-refractivity contribution in [2.24, 2.45) is 0 Å². The molecule has 1 aliphatic rings. The molecule has 0 spiro atoms. The Balaban J connectivity index is 1.87. The van der Waals surface area contributed by atoms with Crippen molar-refractivity contribution in [1.29, 1.82) is 0 Å². The first-order valence-electron chi connectivity index (χ1n) is 6.25. The van der Waals surface area contributed by atoms with Crippen LogP contribution >= 0.6 is 0 Å². The Morgan fingerprint density at radius 1 is 1.18 bits per heavy atom. The summed E-state index contributed by atoms with van der Waals surface area (Å²) in [7, 11) is 0. The molecule has 1 fully saturated rings. The summed E-state index contributed by atoms with van der Waals surface area (Å²) in [5, 5.41) is 13.1. The number of hydrogen-bond donors (Lipinski definition) is 2. The van der Waals surface area contributed by atoms with Crippen LogP contribution < -0.4 is 5.32 Å². The predicted octanol–water partition coefficient (Wildman–Crippen LogP) is 2.11. The van der Waals surface area contributed by atoms with E-state index in [4.69, 9.17) is 0 Å². The minimum atomic E-state index is -0.692. The Labute approximate surface area is 102 Å². The average Bonchev–Trinajstić information content (AvgIpc) is 2.38. The van der Waals surface area contributed by atoms with E-state index >= 15 is 0 Å². The van der Waals surface area contributed by atoms with Gasteiger partial charge in [-0.2, -0.15) is 0 Å². The number of aliphatic hydroxyl groups is 1. The van der Waals surface area contributed by atoms with E-state index in [2.05, 4.69) is 5.32 Å². The summed E-state index contributed by atoms with van der Waals surface area (Å²) >= 11 is 0. The van der Waals surface area contributed by atoms with Gasteiger partial charge >= 0.3 is 0 Å². The number of benzene rings is 1. The number of carbonyl (C=O) groups excluding carboxylic acids is 1. The Bertz CT molecular complexity index is 369. The van der Waals surface area contributed by atoms with Crippen molar-refractivity contribution in [2.75, 3.05) is 6.54 Å². The van der Waals surface area contributed by atoms with Crippen LogP contribution in [0.15, 0.2) is 30.3 Å². The summed E-state index contributed by atoms with van der Waals surface area (Å²) in [5.74, 6) is -0.107. The molecular formula is C14H19NO2. The highest BCUT2D eigenvalue weighted by atomic mass is 16.3. The molecule has 0 unspecified atom stereocenters. The molecule has 3 nitrogen and oxygen atoms in total. The van der Waals surface area contributed by atoms with Gasteiger partial charge in [0, 0.05) is 12.1 Å². The number of hydrogen-bond acceptors (Lipinski definition) is 2. The quantitative estimate of drug-likeness (QED) is 0.840. The fourth-order valence-electron chi connectivity index (χ4n) is 2.32. The van der Waals surface area contributed by atoms with E-state index in [1.165, 1.54) is 6.42 Å². The maximum atomic E-state index is 11.8. The molecule has 0 bridgehead atoms. The molecule has 0 aliphatic heterocycles. The van der Waals surface area contributed by atoms with Crippen LogP contribution in [0, 0.1) is 0 Å². The van der Waals surface area contributed by atoms with Gasteiger partial charge < -0.3 is 10.4 Å². The van der Waals surface area contributed by atoms with Gasteiger partial charge in [-0.3, -0.25) is 4.79 Å². The Hall–Kier alpha value is -1.35. The molecule has 2 rings (SSSR count). The molecule has 92 valence electrons. The molecule has 1 aliphatic carbocycles. The summed E-state index contributed by atoms with van der Waals surface area (Å²) in [6.07, 6.45) is 4.88. The topological polar surface area (TPSA) is 49.3 Å². The average molecular weight is 233 g/mol. The molecule has 0 saturated heterocycles. The van der Waals surface area contributed by atoms with Crippen LogP contribution in [0.4, 0.5) is 0 Å². The van der Waals surface area contributed by atoms with Crippen molar-refractivity contribution in [2.45, 2.75) is 37.7 Å². The van der Waals surface area contributed by atoms with Gasteiger partial charge in [-0.1, -0.05) is 37.5 Å². The highest BCUT2D eigenvalue weighted by Gasteiger charge is 2.29. The molecule has 0 aromatic heterocycles. The smallest absolute Gasteiger partial charge is 0.251 e.